The molecule has 0 aromatic carbocycles. The van der Waals surface area contributed by atoms with Gasteiger partial charge in [-0.15, -0.1) is 0 Å². The molecule has 0 saturated heterocycles. The van der Waals surface area contributed by atoms with Gasteiger partial charge >= 0.3 is 0 Å². The van der Waals surface area contributed by atoms with Crippen molar-refractivity contribution in [1.29, 1.82) is 0 Å². The van der Waals surface area contributed by atoms with Gasteiger partial charge in [0, 0.05) is 18.9 Å². The van der Waals surface area contributed by atoms with Crippen LogP contribution in [0.3, 0.4) is 0 Å². The van der Waals surface area contributed by atoms with E-state index < -0.39 is 9.84 Å². The third kappa shape index (κ3) is 3.31. The molecule has 16 heavy (non-hydrogen) atoms. The van der Waals surface area contributed by atoms with Crippen molar-refractivity contribution in [2.75, 3.05) is 12.4 Å². The molecule has 0 saturated carbocycles. The number of aryl methyl sites for hydroxylation is 1. The van der Waals surface area contributed by atoms with Crippen LogP contribution in [0.1, 0.15) is 26.2 Å². The van der Waals surface area contributed by atoms with Crippen molar-refractivity contribution in [3.05, 3.63) is 12.4 Å². The minimum absolute atomic E-state index is 0.0920. The summed E-state index contributed by atoms with van der Waals surface area (Å²) < 4.78 is 25.3. The van der Waals surface area contributed by atoms with Crippen LogP contribution in [0.2, 0.25) is 0 Å². The molecule has 91 valence electrons. The molecular formula is C10H17N2O3S. The average molecular weight is 245 g/mol. The van der Waals surface area contributed by atoms with E-state index in [1.54, 1.807) is 10.8 Å². The topological polar surface area (TPSA) is 71.9 Å². The molecule has 0 aliphatic heterocycles. The Kier molecular flexibility index (Phi) is 4.95. The van der Waals surface area contributed by atoms with Crippen molar-refractivity contribution in [3.63, 3.8) is 0 Å². The zero-order valence-corrected chi connectivity index (χ0v) is 10.2. The Morgan fingerprint density at radius 1 is 1.38 bits per heavy atom. The predicted octanol–water partition coefficient (Wildman–Crippen LogP) is 1.28. The van der Waals surface area contributed by atoms with E-state index in [-0.39, 0.29) is 23.9 Å². The lowest BCUT2D eigenvalue weighted by Gasteiger charge is -2.07. The molecule has 0 amide bonds. The molecule has 0 fully saturated rings. The van der Waals surface area contributed by atoms with Crippen molar-refractivity contribution in [2.45, 2.75) is 37.9 Å². The summed E-state index contributed by atoms with van der Waals surface area (Å²) in [5, 5.41) is 10.4. The average Bonchev–Trinajstić information content (AvgIpc) is 2.72. The quantitative estimate of drug-likeness (QED) is 0.726. The van der Waals surface area contributed by atoms with E-state index in [4.69, 9.17) is 0 Å². The normalized spacial score (nSPS) is 11.9. The highest BCUT2D eigenvalue weighted by atomic mass is 32.2. The molecule has 1 aromatic heterocycles. The van der Waals surface area contributed by atoms with Crippen LogP contribution in [0.15, 0.2) is 17.6 Å². The highest BCUT2D eigenvalue weighted by molar-refractivity contribution is 7.91. The number of aromatic nitrogens is 2. The van der Waals surface area contributed by atoms with E-state index in [2.05, 4.69) is 4.98 Å². The van der Waals surface area contributed by atoms with Crippen molar-refractivity contribution < 1.29 is 13.5 Å². The number of hydrogen-bond donors (Lipinski definition) is 0. The van der Waals surface area contributed by atoms with Gasteiger partial charge in [0.15, 0.2) is 0 Å². The van der Waals surface area contributed by atoms with Crippen LogP contribution in [0, 0.1) is 0 Å². The van der Waals surface area contributed by atoms with Crippen LogP contribution < -0.4 is 0 Å². The lowest BCUT2D eigenvalue weighted by molar-refractivity contribution is 0.194. The highest BCUT2D eigenvalue weighted by Crippen LogP contribution is 2.11. The number of sulfone groups is 1. The Morgan fingerprint density at radius 2 is 2.12 bits per heavy atom. The van der Waals surface area contributed by atoms with Crippen LogP contribution in [0.5, 0.6) is 0 Å². The molecule has 0 N–H and O–H groups in total. The third-order valence-corrected chi connectivity index (χ3v) is 3.99. The van der Waals surface area contributed by atoms with Gasteiger partial charge in [0.2, 0.25) is 15.0 Å². The summed E-state index contributed by atoms with van der Waals surface area (Å²) >= 11 is 0. The van der Waals surface area contributed by atoms with Gasteiger partial charge in [-0.3, -0.25) is 0 Å². The van der Waals surface area contributed by atoms with Gasteiger partial charge in [-0.1, -0.05) is 13.3 Å². The molecule has 5 nitrogen and oxygen atoms in total. The number of hydrogen-bond acceptors (Lipinski definition) is 3. The Labute approximate surface area is 96.0 Å². The summed E-state index contributed by atoms with van der Waals surface area (Å²) in [7, 11) is -3.39. The smallest absolute Gasteiger partial charge is 0.227 e. The van der Waals surface area contributed by atoms with Crippen LogP contribution in [0.25, 0.3) is 0 Å². The van der Waals surface area contributed by atoms with Gasteiger partial charge < -0.3 is 4.57 Å². The van der Waals surface area contributed by atoms with Crippen LogP contribution in [0.4, 0.5) is 0 Å². The molecule has 0 bridgehead atoms. The monoisotopic (exact) mass is 245 g/mol. The molecule has 0 aliphatic rings. The van der Waals surface area contributed by atoms with E-state index >= 15 is 0 Å². The Morgan fingerprint density at radius 3 is 2.75 bits per heavy atom. The maximum absolute atomic E-state index is 11.8. The first kappa shape index (κ1) is 13.2. The maximum atomic E-state index is 11.8. The van der Waals surface area contributed by atoms with Crippen LogP contribution in [-0.2, 0) is 21.5 Å². The van der Waals surface area contributed by atoms with E-state index in [0.717, 1.165) is 12.8 Å². The van der Waals surface area contributed by atoms with Gasteiger partial charge in [-0.05, 0) is 12.8 Å². The molecule has 1 radical (unpaired) electrons. The highest BCUT2D eigenvalue weighted by Gasteiger charge is 2.19. The summed E-state index contributed by atoms with van der Waals surface area (Å²) in [4.78, 5) is 3.87. The van der Waals surface area contributed by atoms with E-state index in [1.807, 2.05) is 6.92 Å². The lowest BCUT2D eigenvalue weighted by atomic mass is 10.3. The summed E-state index contributed by atoms with van der Waals surface area (Å²) in [5.41, 5.74) is 0. The minimum atomic E-state index is -3.39. The molecular weight excluding hydrogens is 228 g/mol. The van der Waals surface area contributed by atoms with Gasteiger partial charge in [-0.2, -0.15) is 0 Å². The first-order valence-corrected chi connectivity index (χ1v) is 7.09. The zero-order chi connectivity index (χ0) is 12.0. The number of rotatable bonds is 7. The molecule has 0 atom stereocenters. The summed E-state index contributed by atoms with van der Waals surface area (Å²) in [5.74, 6) is -0.111. The second-order valence-corrected chi connectivity index (χ2v) is 5.64. The van der Waals surface area contributed by atoms with E-state index in [9.17, 15) is 13.5 Å². The molecule has 0 unspecified atom stereocenters. The fourth-order valence-electron chi connectivity index (χ4n) is 1.41. The van der Waals surface area contributed by atoms with E-state index in [1.165, 1.54) is 6.20 Å². The van der Waals surface area contributed by atoms with Crippen molar-refractivity contribution >= 4 is 9.84 Å². The standard InChI is InChI=1S/C10H17N2O3S/c1-2-3-6-12-7-5-11-10(12)16(14,15)9-4-8-13/h5,7H,2-4,6,8-9H2,1H3. The van der Waals surface area contributed by atoms with Gasteiger partial charge in [0.1, 0.15) is 0 Å². The predicted molar refractivity (Wildman–Crippen MR) is 59.4 cm³/mol. The fourth-order valence-corrected chi connectivity index (χ4v) is 2.82. The zero-order valence-electron chi connectivity index (χ0n) is 9.42. The first-order valence-electron chi connectivity index (χ1n) is 5.44. The molecule has 0 spiro atoms. The first-order chi connectivity index (χ1) is 7.61. The largest absolute Gasteiger partial charge is 0.322 e. The number of imidazole rings is 1. The second kappa shape index (κ2) is 6.00. The summed E-state index contributed by atoms with van der Waals surface area (Å²) in [6.07, 6.45) is 5.21. The van der Waals surface area contributed by atoms with Crippen LogP contribution >= 0.6 is 0 Å². The molecule has 1 heterocycles. The van der Waals surface area contributed by atoms with Crippen molar-refractivity contribution in [1.82, 2.24) is 9.55 Å². The number of unbranched alkanes of at least 4 members (excludes halogenated alkanes) is 1. The van der Waals surface area contributed by atoms with Crippen molar-refractivity contribution in [2.24, 2.45) is 0 Å². The molecule has 1 rings (SSSR count). The third-order valence-electron chi connectivity index (χ3n) is 2.27. The fraction of sp³-hybridized carbons (Fsp3) is 0.700. The Balaban J connectivity index is 2.82. The second-order valence-electron chi connectivity index (χ2n) is 3.63. The summed E-state index contributed by atoms with van der Waals surface area (Å²) in [6.45, 7) is 2.33. The SMILES string of the molecule is CCCCn1ccnc1S(=O)(=O)CCC[O]. The molecule has 1 aromatic rings. The van der Waals surface area contributed by atoms with Crippen LogP contribution in [-0.4, -0.2) is 30.3 Å². The van der Waals surface area contributed by atoms with Gasteiger partial charge in [-0.25, -0.2) is 18.5 Å². The van der Waals surface area contributed by atoms with E-state index in [0.29, 0.717) is 6.54 Å². The van der Waals surface area contributed by atoms with Gasteiger partial charge in [0.05, 0.1) is 12.4 Å². The minimum Gasteiger partial charge on any atom is -0.322 e. The Bertz CT molecular complexity index is 411. The molecule has 6 heteroatoms. The maximum Gasteiger partial charge on any atom is 0.227 e. The van der Waals surface area contributed by atoms with Crippen molar-refractivity contribution in [3.8, 4) is 0 Å². The lowest BCUT2D eigenvalue weighted by Crippen LogP contribution is -2.14. The summed E-state index contributed by atoms with van der Waals surface area (Å²) in [6, 6.07) is 0. The molecule has 0 aliphatic carbocycles. The Hall–Kier alpha value is -0.880. The number of nitrogens with zero attached hydrogens (tertiary/aromatic N) is 2. The van der Waals surface area contributed by atoms with Gasteiger partial charge in [0.25, 0.3) is 0 Å².